The summed E-state index contributed by atoms with van der Waals surface area (Å²) in [6.07, 6.45) is 1.35. The number of nitrogens with one attached hydrogen (secondary N) is 1. The molecule has 1 heterocycles. The third-order valence-corrected chi connectivity index (χ3v) is 3.78. The van der Waals surface area contributed by atoms with Gasteiger partial charge >= 0.3 is 5.97 Å². The number of fused-ring (bicyclic) bond motifs is 1. The highest BCUT2D eigenvalue weighted by Gasteiger charge is 2.32. The van der Waals surface area contributed by atoms with Crippen LogP contribution in [-0.2, 0) is 16.0 Å². The number of amides is 1. The molecule has 1 amide bonds. The van der Waals surface area contributed by atoms with E-state index in [0.717, 1.165) is 17.7 Å². The summed E-state index contributed by atoms with van der Waals surface area (Å²) in [5, 5.41) is 12.2. The van der Waals surface area contributed by atoms with Crippen LogP contribution in [0.2, 0.25) is 0 Å². The quantitative estimate of drug-likeness (QED) is 0.859. The maximum atomic E-state index is 12.5. The fourth-order valence-corrected chi connectivity index (χ4v) is 2.46. The fraction of sp³-hybridized carbons (Fsp3) is 0.467. The van der Waals surface area contributed by atoms with Crippen molar-refractivity contribution >= 4 is 17.6 Å². The van der Waals surface area contributed by atoms with Gasteiger partial charge in [0.15, 0.2) is 0 Å². The third kappa shape index (κ3) is 2.92. The SMILES string of the molecule is CCC(C)N(CC(=O)O)C(=O)C1Cc2ccccc2N1. The van der Waals surface area contributed by atoms with Crippen LogP contribution in [0.1, 0.15) is 25.8 Å². The lowest BCUT2D eigenvalue weighted by Gasteiger charge is -2.29. The molecule has 5 heteroatoms. The van der Waals surface area contributed by atoms with Gasteiger partial charge in [-0.25, -0.2) is 0 Å². The lowest BCUT2D eigenvalue weighted by molar-refractivity contribution is -0.146. The monoisotopic (exact) mass is 276 g/mol. The van der Waals surface area contributed by atoms with Crippen molar-refractivity contribution in [2.45, 2.75) is 38.8 Å². The Labute approximate surface area is 118 Å². The van der Waals surface area contributed by atoms with Crippen molar-refractivity contribution in [3.63, 3.8) is 0 Å². The number of anilines is 1. The molecule has 0 spiro atoms. The molecule has 2 unspecified atom stereocenters. The number of hydrogen-bond acceptors (Lipinski definition) is 3. The minimum Gasteiger partial charge on any atom is -0.480 e. The van der Waals surface area contributed by atoms with E-state index in [-0.39, 0.29) is 24.5 Å². The van der Waals surface area contributed by atoms with Crippen LogP contribution in [0, 0.1) is 0 Å². The van der Waals surface area contributed by atoms with E-state index in [0.29, 0.717) is 6.42 Å². The number of nitrogens with zero attached hydrogens (tertiary/aromatic N) is 1. The zero-order valence-corrected chi connectivity index (χ0v) is 11.8. The van der Waals surface area contributed by atoms with Crippen LogP contribution >= 0.6 is 0 Å². The van der Waals surface area contributed by atoms with Gasteiger partial charge in [-0.15, -0.1) is 0 Å². The van der Waals surface area contributed by atoms with Gasteiger partial charge in [0.25, 0.3) is 0 Å². The molecule has 2 rings (SSSR count). The zero-order chi connectivity index (χ0) is 14.7. The van der Waals surface area contributed by atoms with E-state index in [9.17, 15) is 9.59 Å². The van der Waals surface area contributed by atoms with E-state index >= 15 is 0 Å². The second-order valence-corrected chi connectivity index (χ2v) is 5.18. The van der Waals surface area contributed by atoms with E-state index in [2.05, 4.69) is 5.32 Å². The molecular weight excluding hydrogens is 256 g/mol. The van der Waals surface area contributed by atoms with Crippen LogP contribution < -0.4 is 5.32 Å². The molecule has 1 aromatic carbocycles. The van der Waals surface area contributed by atoms with Crippen molar-refractivity contribution in [3.05, 3.63) is 29.8 Å². The first kappa shape index (κ1) is 14.4. The number of rotatable bonds is 5. The molecule has 0 radical (unpaired) electrons. The van der Waals surface area contributed by atoms with Crippen LogP contribution in [0.5, 0.6) is 0 Å². The predicted octanol–water partition coefficient (Wildman–Crippen LogP) is 1.73. The molecule has 1 aliphatic rings. The van der Waals surface area contributed by atoms with Crippen molar-refractivity contribution in [3.8, 4) is 0 Å². The Kier molecular flexibility index (Phi) is 4.27. The molecule has 0 aromatic heterocycles. The van der Waals surface area contributed by atoms with Crippen molar-refractivity contribution in [2.75, 3.05) is 11.9 Å². The number of carboxylic acid groups (broad SMARTS) is 1. The van der Waals surface area contributed by atoms with Crippen LogP contribution in [0.3, 0.4) is 0 Å². The number of para-hydroxylation sites is 1. The summed E-state index contributed by atoms with van der Waals surface area (Å²) in [6, 6.07) is 7.35. The molecule has 1 aromatic rings. The molecule has 1 aliphatic heterocycles. The summed E-state index contributed by atoms with van der Waals surface area (Å²) in [5.74, 6) is -1.12. The van der Waals surface area contributed by atoms with Gasteiger partial charge in [-0.2, -0.15) is 0 Å². The molecule has 2 atom stereocenters. The maximum absolute atomic E-state index is 12.5. The van der Waals surface area contributed by atoms with Crippen molar-refractivity contribution in [1.82, 2.24) is 4.90 Å². The average Bonchev–Trinajstić information content (AvgIpc) is 2.86. The summed E-state index contributed by atoms with van der Waals surface area (Å²) in [7, 11) is 0. The minimum atomic E-state index is -0.978. The Hall–Kier alpha value is -2.04. The van der Waals surface area contributed by atoms with E-state index < -0.39 is 5.97 Å². The Bertz CT molecular complexity index is 491. The number of aliphatic carboxylic acids is 1. The molecule has 0 bridgehead atoms. The molecule has 0 aliphatic carbocycles. The minimum absolute atomic E-state index is 0.0795. The average molecular weight is 276 g/mol. The number of carbonyl (C=O) groups is 2. The Morgan fingerprint density at radius 3 is 2.75 bits per heavy atom. The molecule has 2 N–H and O–H groups in total. The Morgan fingerprint density at radius 2 is 2.15 bits per heavy atom. The van der Waals surface area contributed by atoms with E-state index in [1.807, 2.05) is 38.1 Å². The van der Waals surface area contributed by atoms with Crippen LogP contribution in [-0.4, -0.2) is 40.5 Å². The summed E-state index contributed by atoms with van der Waals surface area (Å²) in [6.45, 7) is 3.58. The standard InChI is InChI=1S/C15H20N2O3/c1-3-10(2)17(9-14(18)19)15(20)13-8-11-6-4-5-7-12(11)16-13/h4-7,10,13,16H,3,8-9H2,1-2H3,(H,18,19). The first-order valence-corrected chi connectivity index (χ1v) is 6.89. The number of hydrogen-bond donors (Lipinski definition) is 2. The third-order valence-electron chi connectivity index (χ3n) is 3.78. The van der Waals surface area contributed by atoms with Crippen LogP contribution in [0.15, 0.2) is 24.3 Å². The van der Waals surface area contributed by atoms with Crippen molar-refractivity contribution in [2.24, 2.45) is 0 Å². The Morgan fingerprint density at radius 1 is 1.45 bits per heavy atom. The van der Waals surface area contributed by atoms with Gasteiger partial charge in [-0.1, -0.05) is 25.1 Å². The number of carboxylic acids is 1. The van der Waals surface area contributed by atoms with Gasteiger partial charge < -0.3 is 15.3 Å². The van der Waals surface area contributed by atoms with Crippen molar-refractivity contribution in [1.29, 1.82) is 0 Å². The van der Waals surface area contributed by atoms with E-state index in [1.165, 1.54) is 4.90 Å². The molecule has 0 saturated heterocycles. The van der Waals surface area contributed by atoms with Gasteiger partial charge in [-0.05, 0) is 25.0 Å². The van der Waals surface area contributed by atoms with Crippen LogP contribution in [0.25, 0.3) is 0 Å². The lowest BCUT2D eigenvalue weighted by Crippen LogP contribution is -2.48. The molecule has 108 valence electrons. The first-order chi connectivity index (χ1) is 9.52. The summed E-state index contributed by atoms with van der Waals surface area (Å²) in [4.78, 5) is 25.0. The molecule has 20 heavy (non-hydrogen) atoms. The van der Waals surface area contributed by atoms with Crippen LogP contribution in [0.4, 0.5) is 5.69 Å². The summed E-state index contributed by atoms with van der Waals surface area (Å²) >= 11 is 0. The first-order valence-electron chi connectivity index (χ1n) is 6.89. The highest BCUT2D eigenvalue weighted by molar-refractivity contribution is 5.89. The van der Waals surface area contributed by atoms with Gasteiger partial charge in [0.2, 0.25) is 5.91 Å². The van der Waals surface area contributed by atoms with Gasteiger partial charge in [-0.3, -0.25) is 9.59 Å². The molecule has 0 fully saturated rings. The predicted molar refractivity (Wildman–Crippen MR) is 76.7 cm³/mol. The van der Waals surface area contributed by atoms with Gasteiger partial charge in [0, 0.05) is 18.2 Å². The molecule has 0 saturated carbocycles. The number of benzene rings is 1. The summed E-state index contributed by atoms with van der Waals surface area (Å²) < 4.78 is 0. The highest BCUT2D eigenvalue weighted by Crippen LogP contribution is 2.26. The number of carbonyl (C=O) groups excluding carboxylic acids is 1. The maximum Gasteiger partial charge on any atom is 0.323 e. The van der Waals surface area contributed by atoms with Crippen molar-refractivity contribution < 1.29 is 14.7 Å². The van der Waals surface area contributed by atoms with Gasteiger partial charge in [0.05, 0.1) is 0 Å². The summed E-state index contributed by atoms with van der Waals surface area (Å²) in [5.41, 5.74) is 2.07. The second-order valence-electron chi connectivity index (χ2n) is 5.18. The van der Waals surface area contributed by atoms with E-state index in [4.69, 9.17) is 5.11 Å². The molecular formula is C15H20N2O3. The van der Waals surface area contributed by atoms with Gasteiger partial charge in [0.1, 0.15) is 12.6 Å². The topological polar surface area (TPSA) is 69.6 Å². The Balaban J connectivity index is 2.12. The molecule has 5 nitrogen and oxygen atoms in total. The lowest BCUT2D eigenvalue weighted by atomic mass is 10.1. The zero-order valence-electron chi connectivity index (χ0n) is 11.8. The smallest absolute Gasteiger partial charge is 0.323 e. The largest absolute Gasteiger partial charge is 0.480 e. The van der Waals surface area contributed by atoms with E-state index in [1.54, 1.807) is 0 Å². The normalized spacial score (nSPS) is 18.0. The highest BCUT2D eigenvalue weighted by atomic mass is 16.4. The fourth-order valence-electron chi connectivity index (χ4n) is 2.46. The second kappa shape index (κ2) is 5.94.